The first kappa shape index (κ1) is 23.3. The number of benzene rings is 3. The highest BCUT2D eigenvalue weighted by molar-refractivity contribution is 5.98. The summed E-state index contributed by atoms with van der Waals surface area (Å²) in [4.78, 5) is 31.9. The van der Waals surface area contributed by atoms with Crippen LogP contribution in [0.3, 0.4) is 0 Å². The van der Waals surface area contributed by atoms with Gasteiger partial charge in [-0.2, -0.15) is 13.2 Å². The van der Waals surface area contributed by atoms with Gasteiger partial charge in [-0.3, -0.25) is 14.5 Å². The number of rotatable bonds is 3. The summed E-state index contributed by atoms with van der Waals surface area (Å²) in [6, 6.07) is 20.2. The van der Waals surface area contributed by atoms with Crippen LogP contribution < -0.4 is 5.32 Å². The van der Waals surface area contributed by atoms with Crippen molar-refractivity contribution in [3.63, 3.8) is 0 Å². The van der Waals surface area contributed by atoms with Gasteiger partial charge in [-0.25, -0.2) is 0 Å². The number of carbonyl (C=O) groups excluding carboxylic acids is 2. The van der Waals surface area contributed by atoms with Gasteiger partial charge in [-0.15, -0.1) is 0 Å². The van der Waals surface area contributed by atoms with Crippen molar-refractivity contribution in [2.24, 2.45) is 0 Å². The number of piperazine rings is 1. The van der Waals surface area contributed by atoms with Crippen LogP contribution in [-0.4, -0.2) is 59.0 Å². The summed E-state index contributed by atoms with van der Waals surface area (Å²) in [5, 5.41) is 2.96. The predicted octanol–water partition coefficient (Wildman–Crippen LogP) is 5.20. The van der Waals surface area contributed by atoms with Gasteiger partial charge in [-0.05, 0) is 58.7 Å². The van der Waals surface area contributed by atoms with Crippen LogP contribution in [0.25, 0.3) is 22.0 Å². The number of fused-ring (bicyclic) bond motifs is 4. The molecule has 2 heterocycles. The Kier molecular flexibility index (Phi) is 5.52. The Balaban J connectivity index is 1.24. The van der Waals surface area contributed by atoms with E-state index in [0.717, 1.165) is 33.2 Å². The second-order valence-electron chi connectivity index (χ2n) is 9.35. The summed E-state index contributed by atoms with van der Waals surface area (Å²) < 4.78 is 38.5. The summed E-state index contributed by atoms with van der Waals surface area (Å²) in [6.45, 7) is 2.27. The highest BCUT2D eigenvalue weighted by Crippen LogP contribution is 2.47. The van der Waals surface area contributed by atoms with E-state index >= 15 is 0 Å². The SMILES string of the molecule is O=C(c1ccc2[nH]ccc2c1)N1CCN(C2c3ccccc3-c3ccc(NC(=O)C(F)(F)F)cc32)CC1. The van der Waals surface area contributed by atoms with Gasteiger partial charge in [0.2, 0.25) is 0 Å². The van der Waals surface area contributed by atoms with Crippen molar-refractivity contribution in [3.05, 3.63) is 89.6 Å². The fraction of sp³-hybridized carbons (Fsp3) is 0.214. The molecule has 1 unspecified atom stereocenters. The zero-order chi connectivity index (χ0) is 25.7. The van der Waals surface area contributed by atoms with Gasteiger partial charge in [0, 0.05) is 54.5 Å². The number of amides is 2. The lowest BCUT2D eigenvalue weighted by atomic mass is 10.0. The van der Waals surface area contributed by atoms with Crippen molar-refractivity contribution < 1.29 is 22.8 Å². The van der Waals surface area contributed by atoms with E-state index < -0.39 is 12.1 Å². The number of hydrogen-bond acceptors (Lipinski definition) is 3. The third-order valence-electron chi connectivity index (χ3n) is 7.17. The summed E-state index contributed by atoms with van der Waals surface area (Å²) in [5.74, 6) is -2.02. The van der Waals surface area contributed by atoms with Crippen molar-refractivity contribution in [1.29, 1.82) is 0 Å². The van der Waals surface area contributed by atoms with Crippen LogP contribution in [-0.2, 0) is 4.79 Å². The Morgan fingerprint density at radius 2 is 1.62 bits per heavy atom. The molecule has 2 amide bonds. The fourth-order valence-electron chi connectivity index (χ4n) is 5.41. The minimum Gasteiger partial charge on any atom is -0.361 e. The maximum absolute atomic E-state index is 13.2. The number of aromatic nitrogens is 1. The Morgan fingerprint density at radius 1 is 0.865 bits per heavy atom. The predicted molar refractivity (Wildman–Crippen MR) is 134 cm³/mol. The van der Waals surface area contributed by atoms with E-state index in [2.05, 4.69) is 9.88 Å². The molecule has 1 saturated heterocycles. The Hall–Kier alpha value is -4.11. The second kappa shape index (κ2) is 8.77. The van der Waals surface area contributed by atoms with Gasteiger partial charge in [-0.1, -0.05) is 30.3 Å². The molecule has 1 aliphatic heterocycles. The molecule has 4 aromatic rings. The van der Waals surface area contributed by atoms with Crippen LogP contribution in [0.2, 0.25) is 0 Å². The van der Waals surface area contributed by atoms with Gasteiger partial charge >= 0.3 is 12.1 Å². The molecule has 1 atom stereocenters. The molecule has 1 fully saturated rings. The minimum atomic E-state index is -4.96. The molecule has 0 bridgehead atoms. The lowest BCUT2D eigenvalue weighted by molar-refractivity contribution is -0.167. The van der Waals surface area contributed by atoms with E-state index in [4.69, 9.17) is 0 Å². The number of hydrogen-bond donors (Lipinski definition) is 2. The van der Waals surface area contributed by atoms with E-state index in [0.29, 0.717) is 31.7 Å². The first-order chi connectivity index (χ1) is 17.8. The number of carbonyl (C=O) groups is 2. The van der Waals surface area contributed by atoms with Crippen molar-refractivity contribution in [3.8, 4) is 11.1 Å². The normalized spacial score (nSPS) is 17.5. The van der Waals surface area contributed by atoms with Gasteiger partial charge in [0.05, 0.1) is 6.04 Å². The monoisotopic (exact) mass is 504 g/mol. The fourth-order valence-corrected chi connectivity index (χ4v) is 5.41. The van der Waals surface area contributed by atoms with Crippen molar-refractivity contribution in [1.82, 2.24) is 14.8 Å². The number of aromatic amines is 1. The molecule has 0 spiro atoms. The lowest BCUT2D eigenvalue weighted by Crippen LogP contribution is -2.49. The zero-order valence-corrected chi connectivity index (χ0v) is 19.7. The van der Waals surface area contributed by atoms with Gasteiger partial charge in [0.15, 0.2) is 0 Å². The molecule has 188 valence electrons. The van der Waals surface area contributed by atoms with Crippen molar-refractivity contribution in [2.45, 2.75) is 12.2 Å². The maximum atomic E-state index is 13.2. The lowest BCUT2D eigenvalue weighted by Gasteiger charge is -2.38. The average molecular weight is 505 g/mol. The molecular weight excluding hydrogens is 481 g/mol. The van der Waals surface area contributed by atoms with Gasteiger partial charge in [0.1, 0.15) is 0 Å². The smallest absolute Gasteiger partial charge is 0.361 e. The van der Waals surface area contributed by atoms with Crippen molar-refractivity contribution >= 4 is 28.4 Å². The summed E-state index contributed by atoms with van der Waals surface area (Å²) in [7, 11) is 0. The number of halogens is 3. The Labute approximate surface area is 210 Å². The highest BCUT2D eigenvalue weighted by atomic mass is 19.4. The van der Waals surface area contributed by atoms with E-state index in [1.807, 2.05) is 64.9 Å². The zero-order valence-electron chi connectivity index (χ0n) is 19.7. The number of nitrogens with one attached hydrogen (secondary N) is 2. The van der Waals surface area contributed by atoms with Crippen molar-refractivity contribution in [2.75, 3.05) is 31.5 Å². The number of alkyl halides is 3. The molecule has 1 aliphatic carbocycles. The van der Waals surface area contributed by atoms with Crippen LogP contribution in [0.4, 0.5) is 18.9 Å². The molecule has 37 heavy (non-hydrogen) atoms. The number of H-pyrrole nitrogens is 1. The van der Waals surface area contributed by atoms with E-state index in [1.54, 1.807) is 12.1 Å². The van der Waals surface area contributed by atoms with Crippen LogP contribution in [0.5, 0.6) is 0 Å². The van der Waals surface area contributed by atoms with Gasteiger partial charge in [0.25, 0.3) is 5.91 Å². The highest BCUT2D eigenvalue weighted by Gasteiger charge is 2.39. The molecule has 2 N–H and O–H groups in total. The van der Waals surface area contributed by atoms with Crippen LogP contribution in [0.1, 0.15) is 27.5 Å². The number of anilines is 1. The Bertz CT molecular complexity index is 1520. The van der Waals surface area contributed by atoms with E-state index in [9.17, 15) is 22.8 Å². The first-order valence-corrected chi connectivity index (χ1v) is 12.0. The van der Waals surface area contributed by atoms with E-state index in [-0.39, 0.29) is 17.6 Å². The first-order valence-electron chi connectivity index (χ1n) is 12.0. The molecule has 0 radical (unpaired) electrons. The topological polar surface area (TPSA) is 68.4 Å². The third-order valence-corrected chi connectivity index (χ3v) is 7.17. The van der Waals surface area contributed by atoms with Crippen LogP contribution >= 0.6 is 0 Å². The number of nitrogens with zero attached hydrogens (tertiary/aromatic N) is 2. The molecule has 1 aromatic heterocycles. The minimum absolute atomic E-state index is 0.0212. The molecule has 0 saturated carbocycles. The largest absolute Gasteiger partial charge is 0.471 e. The quantitative estimate of drug-likeness (QED) is 0.403. The second-order valence-corrected chi connectivity index (χ2v) is 9.35. The summed E-state index contributed by atoms with van der Waals surface area (Å²) in [5.41, 5.74) is 5.59. The van der Waals surface area contributed by atoms with Crippen LogP contribution in [0.15, 0.2) is 72.9 Å². The summed E-state index contributed by atoms with van der Waals surface area (Å²) in [6.07, 6.45) is -3.12. The molecule has 3 aromatic carbocycles. The average Bonchev–Trinajstić information content (AvgIpc) is 3.49. The summed E-state index contributed by atoms with van der Waals surface area (Å²) >= 11 is 0. The third kappa shape index (κ3) is 4.15. The molecular formula is C28H23F3N4O2. The van der Waals surface area contributed by atoms with Crippen LogP contribution in [0, 0.1) is 0 Å². The Morgan fingerprint density at radius 3 is 2.41 bits per heavy atom. The molecule has 6 rings (SSSR count). The molecule has 6 nitrogen and oxygen atoms in total. The van der Waals surface area contributed by atoms with E-state index in [1.165, 1.54) is 6.07 Å². The molecule has 2 aliphatic rings. The molecule has 9 heteroatoms. The standard InChI is InChI=1S/C28H23F3N4O2/c29-28(30,31)27(37)33-19-6-7-21-20-3-1-2-4-22(20)25(23(21)16-19)34-11-13-35(14-12-34)26(36)18-5-8-24-17(15-18)9-10-32-24/h1-10,15-16,25,32H,11-14H2,(H,33,37). The maximum Gasteiger partial charge on any atom is 0.471 e. The van der Waals surface area contributed by atoms with Gasteiger partial charge < -0.3 is 15.2 Å².